The summed E-state index contributed by atoms with van der Waals surface area (Å²) in [5, 5.41) is 0.152. The van der Waals surface area contributed by atoms with Gasteiger partial charge in [-0.25, -0.2) is 0 Å². The highest BCUT2D eigenvalue weighted by Gasteiger charge is 2.61. The van der Waals surface area contributed by atoms with Crippen molar-refractivity contribution in [2.45, 2.75) is 33.3 Å². The smallest absolute Gasteiger partial charge is 0.310 e. The van der Waals surface area contributed by atoms with E-state index in [1.807, 2.05) is 30.3 Å². The van der Waals surface area contributed by atoms with Crippen LogP contribution in [0.5, 0.6) is 0 Å². The second-order valence-electron chi connectivity index (χ2n) is 8.09. The summed E-state index contributed by atoms with van der Waals surface area (Å²) in [5.74, 6) is 1.39. The van der Waals surface area contributed by atoms with Crippen LogP contribution in [0.1, 0.15) is 37.2 Å². The molecule has 0 N–H and O–H groups in total. The monoisotopic (exact) mass is 396 g/mol. The first-order valence-electron chi connectivity index (χ1n) is 9.60. The number of rotatable bonds is 6. The number of esters is 1. The zero-order valence-electron chi connectivity index (χ0n) is 16.1. The Kier molecular flexibility index (Phi) is 5.19. The summed E-state index contributed by atoms with van der Waals surface area (Å²) in [4.78, 5) is 24.4. The summed E-state index contributed by atoms with van der Waals surface area (Å²) < 4.78 is 11.2. The summed E-state index contributed by atoms with van der Waals surface area (Å²) in [6.07, 6.45) is 5.17. The van der Waals surface area contributed by atoms with Crippen LogP contribution in [-0.4, -0.2) is 16.8 Å². The Morgan fingerprint density at radius 3 is 2.79 bits per heavy atom. The molecule has 2 atom stereocenters. The molecule has 4 nitrogen and oxygen atoms in total. The van der Waals surface area contributed by atoms with E-state index < -0.39 is 0 Å². The number of furan rings is 1. The van der Waals surface area contributed by atoms with Gasteiger partial charge in [0.15, 0.2) is 0 Å². The van der Waals surface area contributed by atoms with E-state index in [-0.39, 0.29) is 34.9 Å². The van der Waals surface area contributed by atoms with Gasteiger partial charge in [0.05, 0.1) is 12.2 Å². The van der Waals surface area contributed by atoms with Crippen molar-refractivity contribution in [3.8, 4) is 0 Å². The lowest BCUT2D eigenvalue weighted by atomic mass is 10.1. The van der Waals surface area contributed by atoms with Gasteiger partial charge in [0.1, 0.15) is 12.4 Å². The standard InChI is InChI=1S/C23H24O4S/c1-23(2)19(12-17-8-9-28-22(17)25)20(23)21(24)27-14-16-11-18(26-13-16)10-15-6-4-3-5-7-15/h3-7,11-13,19-20H,8-10,14H2,1-2H3/b17-12+/t19-,20+/m1/s1. The third-order valence-corrected chi connectivity index (χ3v) is 6.66. The molecule has 1 saturated heterocycles. The first-order chi connectivity index (χ1) is 13.4. The second-order valence-corrected chi connectivity index (χ2v) is 9.16. The Morgan fingerprint density at radius 2 is 2.07 bits per heavy atom. The van der Waals surface area contributed by atoms with Crippen LogP contribution >= 0.6 is 11.8 Å². The molecule has 0 bridgehead atoms. The zero-order valence-corrected chi connectivity index (χ0v) is 17.0. The number of thioether (sulfide) groups is 1. The normalized spacial score (nSPS) is 24.5. The number of ether oxygens (including phenoxy) is 1. The highest BCUT2D eigenvalue weighted by atomic mass is 32.2. The molecular weight excluding hydrogens is 372 g/mol. The van der Waals surface area contributed by atoms with Gasteiger partial charge in [-0.15, -0.1) is 0 Å². The molecule has 4 rings (SSSR count). The summed E-state index contributed by atoms with van der Waals surface area (Å²) in [7, 11) is 0. The first-order valence-corrected chi connectivity index (χ1v) is 10.6. The van der Waals surface area contributed by atoms with E-state index >= 15 is 0 Å². The van der Waals surface area contributed by atoms with E-state index in [1.165, 1.54) is 17.3 Å². The van der Waals surface area contributed by atoms with E-state index in [0.29, 0.717) is 6.42 Å². The SMILES string of the molecule is CC1(C)[C@H](/C=C2\CCSC2=O)[C@H]1C(=O)OCc1coc(Cc2ccccc2)c1. The molecule has 1 aliphatic carbocycles. The summed E-state index contributed by atoms with van der Waals surface area (Å²) in [6.45, 7) is 4.33. The Balaban J connectivity index is 1.33. The lowest BCUT2D eigenvalue weighted by Gasteiger charge is -2.03. The van der Waals surface area contributed by atoms with Crippen molar-refractivity contribution >= 4 is 22.8 Å². The number of carbonyl (C=O) groups excluding carboxylic acids is 2. The van der Waals surface area contributed by atoms with Crippen LogP contribution in [0.15, 0.2) is 58.7 Å². The number of carbonyl (C=O) groups is 2. The van der Waals surface area contributed by atoms with E-state index in [1.54, 1.807) is 6.26 Å². The molecular formula is C23H24O4S. The molecule has 0 spiro atoms. The fraction of sp³-hybridized carbons (Fsp3) is 0.391. The molecule has 0 unspecified atom stereocenters. The molecule has 2 aromatic rings. The minimum absolute atomic E-state index is 0.0793. The lowest BCUT2D eigenvalue weighted by molar-refractivity contribution is -0.147. The molecule has 5 heteroatoms. The predicted molar refractivity (Wildman–Crippen MR) is 109 cm³/mol. The van der Waals surface area contributed by atoms with Crippen LogP contribution < -0.4 is 0 Å². The van der Waals surface area contributed by atoms with Crippen LogP contribution in [0, 0.1) is 17.3 Å². The van der Waals surface area contributed by atoms with Gasteiger partial charge < -0.3 is 9.15 Å². The van der Waals surface area contributed by atoms with Crippen LogP contribution in [-0.2, 0) is 27.4 Å². The fourth-order valence-corrected chi connectivity index (χ4v) is 4.75. The summed E-state index contributed by atoms with van der Waals surface area (Å²) >= 11 is 1.36. The van der Waals surface area contributed by atoms with Crippen molar-refractivity contribution in [1.82, 2.24) is 0 Å². The number of allylic oxidation sites excluding steroid dienone is 1. The van der Waals surface area contributed by atoms with Gasteiger partial charge in [-0.05, 0) is 29.4 Å². The number of benzene rings is 1. The highest BCUT2D eigenvalue weighted by molar-refractivity contribution is 8.14. The molecule has 28 heavy (non-hydrogen) atoms. The van der Waals surface area contributed by atoms with E-state index in [2.05, 4.69) is 26.0 Å². The Hall–Kier alpha value is -2.27. The molecule has 146 valence electrons. The lowest BCUT2D eigenvalue weighted by Crippen LogP contribution is -2.10. The molecule has 2 heterocycles. The fourth-order valence-electron chi connectivity index (χ4n) is 3.89. The van der Waals surface area contributed by atoms with E-state index in [9.17, 15) is 9.59 Å². The van der Waals surface area contributed by atoms with E-state index in [0.717, 1.165) is 29.1 Å². The van der Waals surface area contributed by atoms with Gasteiger partial charge in [-0.3, -0.25) is 9.59 Å². The van der Waals surface area contributed by atoms with Crippen molar-refractivity contribution in [2.75, 3.05) is 5.75 Å². The first kappa shape index (κ1) is 19.1. The molecule has 1 aliphatic heterocycles. The van der Waals surface area contributed by atoms with Gasteiger partial charge in [0, 0.05) is 23.3 Å². The quantitative estimate of drug-likeness (QED) is 0.520. The second kappa shape index (κ2) is 7.63. The number of hydrogen-bond acceptors (Lipinski definition) is 5. The average molecular weight is 397 g/mol. The van der Waals surface area contributed by atoms with Crippen molar-refractivity contribution in [3.05, 3.63) is 71.2 Å². The third-order valence-electron chi connectivity index (χ3n) is 5.72. The van der Waals surface area contributed by atoms with Gasteiger partial charge in [-0.2, -0.15) is 0 Å². The van der Waals surface area contributed by atoms with Crippen LogP contribution in [0.25, 0.3) is 0 Å². The Morgan fingerprint density at radius 1 is 1.29 bits per heavy atom. The minimum atomic E-state index is -0.198. The topological polar surface area (TPSA) is 56.5 Å². The largest absolute Gasteiger partial charge is 0.469 e. The summed E-state index contributed by atoms with van der Waals surface area (Å²) in [5.41, 5.74) is 2.73. The molecule has 2 aliphatic rings. The van der Waals surface area contributed by atoms with Crippen LogP contribution in [0.4, 0.5) is 0 Å². The van der Waals surface area contributed by atoms with Crippen molar-refractivity contribution in [2.24, 2.45) is 17.3 Å². The van der Waals surface area contributed by atoms with E-state index in [4.69, 9.17) is 9.15 Å². The zero-order chi connectivity index (χ0) is 19.7. The average Bonchev–Trinajstić information content (AvgIpc) is 3.03. The Labute approximate surface area is 169 Å². The van der Waals surface area contributed by atoms with Gasteiger partial charge in [0.25, 0.3) is 0 Å². The maximum Gasteiger partial charge on any atom is 0.310 e. The van der Waals surface area contributed by atoms with Crippen molar-refractivity contribution in [1.29, 1.82) is 0 Å². The molecule has 2 fully saturated rings. The molecule has 1 saturated carbocycles. The van der Waals surface area contributed by atoms with Crippen molar-refractivity contribution < 1.29 is 18.7 Å². The summed E-state index contributed by atoms with van der Waals surface area (Å²) in [6, 6.07) is 12.0. The molecule has 1 aromatic heterocycles. The molecule has 0 radical (unpaired) electrons. The highest BCUT2D eigenvalue weighted by Crippen LogP contribution is 2.60. The maximum atomic E-state index is 12.6. The van der Waals surface area contributed by atoms with Gasteiger partial charge in [0.2, 0.25) is 5.12 Å². The predicted octanol–water partition coefficient (Wildman–Crippen LogP) is 4.78. The van der Waals surface area contributed by atoms with Crippen LogP contribution in [0.2, 0.25) is 0 Å². The van der Waals surface area contributed by atoms with Crippen molar-refractivity contribution in [3.63, 3.8) is 0 Å². The number of hydrogen-bond donors (Lipinski definition) is 0. The maximum absolute atomic E-state index is 12.6. The molecule has 1 aromatic carbocycles. The van der Waals surface area contributed by atoms with Crippen LogP contribution in [0.3, 0.4) is 0 Å². The molecule has 0 amide bonds. The third kappa shape index (κ3) is 3.95. The Bertz CT molecular complexity index is 910. The minimum Gasteiger partial charge on any atom is -0.469 e. The van der Waals surface area contributed by atoms with Gasteiger partial charge in [-0.1, -0.05) is 62.0 Å². The van der Waals surface area contributed by atoms with Gasteiger partial charge >= 0.3 is 5.97 Å².